The summed E-state index contributed by atoms with van der Waals surface area (Å²) >= 11 is 0. The van der Waals surface area contributed by atoms with E-state index in [0.717, 1.165) is 18.4 Å². The van der Waals surface area contributed by atoms with E-state index in [1.165, 1.54) is 12.1 Å². The maximum atomic E-state index is 13.2. The number of nitrogens with one attached hydrogen (secondary N) is 2. The molecule has 1 spiro atoms. The molecule has 6 nitrogen and oxygen atoms in total. The molecule has 2 aromatic rings. The molecule has 4 rings (SSSR count). The highest BCUT2D eigenvalue weighted by Gasteiger charge is 2.61. The summed E-state index contributed by atoms with van der Waals surface area (Å²) in [5, 5.41) is 5.68. The average Bonchev–Trinajstić information content (AvgIpc) is 3.20. The Morgan fingerprint density at radius 2 is 2.19 bits per heavy atom. The van der Waals surface area contributed by atoms with Gasteiger partial charge in [-0.25, -0.2) is 9.18 Å². The number of halogens is 1. The van der Waals surface area contributed by atoms with Crippen LogP contribution in [0.3, 0.4) is 0 Å². The summed E-state index contributed by atoms with van der Waals surface area (Å²) in [5.74, 6) is -0.411. The van der Waals surface area contributed by atoms with E-state index in [1.54, 1.807) is 29.4 Å². The third-order valence-electron chi connectivity index (χ3n) is 5.44. The highest BCUT2D eigenvalue weighted by Crippen LogP contribution is 2.58. The first-order valence-electron chi connectivity index (χ1n) is 9.04. The van der Waals surface area contributed by atoms with Gasteiger partial charge in [0.25, 0.3) is 0 Å². The molecule has 27 heavy (non-hydrogen) atoms. The summed E-state index contributed by atoms with van der Waals surface area (Å²) in [6.45, 7) is 1.62. The minimum Gasteiger partial charge on any atom is -0.352 e. The van der Waals surface area contributed by atoms with Gasteiger partial charge in [-0.1, -0.05) is 12.1 Å². The van der Waals surface area contributed by atoms with Gasteiger partial charge < -0.3 is 15.5 Å². The number of aromatic nitrogens is 1. The number of carbonyl (C=O) groups excluding carboxylic acids is 2. The van der Waals surface area contributed by atoms with Gasteiger partial charge in [-0.3, -0.25) is 9.78 Å². The zero-order valence-corrected chi connectivity index (χ0v) is 14.8. The smallest absolute Gasteiger partial charge is 0.321 e. The number of nitrogens with zero attached hydrogens (tertiary/aromatic N) is 2. The zero-order valence-electron chi connectivity index (χ0n) is 14.8. The first-order chi connectivity index (χ1) is 13.1. The number of anilines is 1. The predicted molar refractivity (Wildman–Crippen MR) is 98.2 cm³/mol. The van der Waals surface area contributed by atoms with Crippen LogP contribution in [0.4, 0.5) is 14.9 Å². The Morgan fingerprint density at radius 3 is 2.96 bits per heavy atom. The van der Waals surface area contributed by atoms with E-state index < -0.39 is 5.82 Å². The van der Waals surface area contributed by atoms with Gasteiger partial charge in [0.15, 0.2) is 0 Å². The van der Waals surface area contributed by atoms with Crippen molar-refractivity contribution >= 4 is 17.6 Å². The molecule has 3 amide bonds. The molecule has 2 fully saturated rings. The topological polar surface area (TPSA) is 74.3 Å². The second-order valence-corrected chi connectivity index (χ2v) is 7.31. The van der Waals surface area contributed by atoms with Crippen LogP contribution in [-0.2, 0) is 11.3 Å². The van der Waals surface area contributed by atoms with Crippen molar-refractivity contribution in [3.05, 3.63) is 60.2 Å². The molecule has 2 heterocycles. The van der Waals surface area contributed by atoms with Crippen molar-refractivity contribution < 1.29 is 14.0 Å². The molecular weight excluding hydrogens is 347 g/mol. The molecule has 140 valence electrons. The quantitative estimate of drug-likeness (QED) is 0.871. The lowest BCUT2D eigenvalue weighted by Crippen LogP contribution is -2.34. The van der Waals surface area contributed by atoms with E-state index in [0.29, 0.717) is 25.3 Å². The molecule has 1 saturated carbocycles. The maximum Gasteiger partial charge on any atom is 0.321 e. The van der Waals surface area contributed by atoms with Crippen molar-refractivity contribution in [2.45, 2.75) is 19.4 Å². The second-order valence-electron chi connectivity index (χ2n) is 7.31. The molecule has 0 bridgehead atoms. The molecule has 2 atom stereocenters. The van der Waals surface area contributed by atoms with Gasteiger partial charge in [0.1, 0.15) is 5.82 Å². The number of carbonyl (C=O) groups is 2. The molecule has 2 aliphatic rings. The lowest BCUT2D eigenvalue weighted by atomic mass is 10.0. The van der Waals surface area contributed by atoms with Crippen molar-refractivity contribution in [3.8, 4) is 0 Å². The largest absolute Gasteiger partial charge is 0.352 e. The van der Waals surface area contributed by atoms with Gasteiger partial charge in [-0.2, -0.15) is 0 Å². The van der Waals surface area contributed by atoms with Crippen LogP contribution in [-0.4, -0.2) is 34.9 Å². The first-order valence-corrected chi connectivity index (χ1v) is 9.04. The fourth-order valence-electron chi connectivity index (χ4n) is 3.82. The highest BCUT2D eigenvalue weighted by atomic mass is 19.1. The molecule has 1 aromatic heterocycles. The molecular formula is C20H21FN4O2. The van der Waals surface area contributed by atoms with E-state index >= 15 is 0 Å². The molecule has 1 aliphatic heterocycles. The summed E-state index contributed by atoms with van der Waals surface area (Å²) in [4.78, 5) is 30.6. The minimum absolute atomic E-state index is 0.0336. The Morgan fingerprint density at radius 1 is 1.30 bits per heavy atom. The van der Waals surface area contributed by atoms with E-state index in [4.69, 9.17) is 0 Å². The Labute approximate surface area is 156 Å². The highest BCUT2D eigenvalue weighted by molar-refractivity contribution is 5.90. The Kier molecular flexibility index (Phi) is 4.51. The number of urea groups is 1. The zero-order chi connectivity index (χ0) is 18.9. The van der Waals surface area contributed by atoms with Crippen LogP contribution in [0.5, 0.6) is 0 Å². The van der Waals surface area contributed by atoms with Gasteiger partial charge in [0, 0.05) is 49.0 Å². The molecule has 0 radical (unpaired) electrons. The van der Waals surface area contributed by atoms with Gasteiger partial charge in [-0.15, -0.1) is 0 Å². The number of hydrogen-bond donors (Lipinski definition) is 2. The number of pyridine rings is 1. The van der Waals surface area contributed by atoms with Crippen LogP contribution in [0, 0.1) is 17.2 Å². The van der Waals surface area contributed by atoms with Crippen LogP contribution in [0.25, 0.3) is 0 Å². The van der Waals surface area contributed by atoms with Gasteiger partial charge in [0.2, 0.25) is 5.91 Å². The molecule has 1 aromatic carbocycles. The fraction of sp³-hybridized carbons (Fsp3) is 0.350. The Balaban J connectivity index is 1.29. The minimum atomic E-state index is -0.391. The molecule has 0 unspecified atom stereocenters. The van der Waals surface area contributed by atoms with Crippen LogP contribution < -0.4 is 10.6 Å². The molecule has 7 heteroatoms. The van der Waals surface area contributed by atoms with E-state index in [9.17, 15) is 14.0 Å². The normalized spacial score (nSPS) is 23.3. The van der Waals surface area contributed by atoms with Crippen molar-refractivity contribution in [1.82, 2.24) is 15.2 Å². The maximum absolute atomic E-state index is 13.2. The standard InChI is InChI=1S/C20H21FN4O2/c21-15-4-1-5-16(9-15)24-19(27)25-8-6-20(13-25)10-17(20)18(26)23-12-14-3-2-7-22-11-14/h1-5,7,9,11,17H,6,8,10,12-13H2,(H,23,26)(H,24,27)/t17-,20-/m0/s1. The van der Waals surface area contributed by atoms with Gasteiger partial charge in [0.05, 0.1) is 0 Å². The van der Waals surface area contributed by atoms with Crippen molar-refractivity contribution in [3.63, 3.8) is 0 Å². The summed E-state index contributed by atoms with van der Waals surface area (Å²) < 4.78 is 13.2. The molecule has 1 saturated heterocycles. The van der Waals surface area contributed by atoms with Crippen LogP contribution in [0.1, 0.15) is 18.4 Å². The summed E-state index contributed by atoms with van der Waals surface area (Å²) in [6, 6.07) is 9.34. The summed E-state index contributed by atoms with van der Waals surface area (Å²) in [5.41, 5.74) is 1.28. The number of likely N-dealkylation sites (tertiary alicyclic amines) is 1. The lowest BCUT2D eigenvalue weighted by molar-refractivity contribution is -0.123. The number of benzene rings is 1. The third kappa shape index (κ3) is 3.77. The average molecular weight is 368 g/mol. The Bertz CT molecular complexity index is 860. The van der Waals surface area contributed by atoms with Crippen LogP contribution >= 0.6 is 0 Å². The summed E-state index contributed by atoms with van der Waals surface area (Å²) in [6.07, 6.45) is 5.05. The molecule has 2 N–H and O–H groups in total. The van der Waals surface area contributed by atoms with E-state index in [-0.39, 0.29) is 23.3 Å². The predicted octanol–water partition coefficient (Wildman–Crippen LogP) is 2.78. The van der Waals surface area contributed by atoms with Crippen molar-refractivity contribution in [2.75, 3.05) is 18.4 Å². The Hall–Kier alpha value is -2.96. The monoisotopic (exact) mass is 368 g/mol. The van der Waals surface area contributed by atoms with E-state index in [1.807, 2.05) is 12.1 Å². The first kappa shape index (κ1) is 17.5. The molecule has 1 aliphatic carbocycles. The van der Waals surface area contributed by atoms with E-state index in [2.05, 4.69) is 15.6 Å². The fourth-order valence-corrected chi connectivity index (χ4v) is 3.82. The third-order valence-corrected chi connectivity index (χ3v) is 5.44. The second kappa shape index (κ2) is 6.98. The number of hydrogen-bond acceptors (Lipinski definition) is 3. The van der Waals surface area contributed by atoms with Crippen molar-refractivity contribution in [1.29, 1.82) is 0 Å². The van der Waals surface area contributed by atoms with Crippen LogP contribution in [0.2, 0.25) is 0 Å². The lowest BCUT2D eigenvalue weighted by Gasteiger charge is -2.17. The summed E-state index contributed by atoms with van der Waals surface area (Å²) in [7, 11) is 0. The van der Waals surface area contributed by atoms with Gasteiger partial charge in [-0.05, 0) is 42.7 Å². The SMILES string of the molecule is O=C(NCc1cccnc1)[C@@H]1C[C@]12CCN(C(=O)Nc1cccc(F)c1)C2. The van der Waals surface area contributed by atoms with Gasteiger partial charge >= 0.3 is 6.03 Å². The number of amides is 3. The van der Waals surface area contributed by atoms with Crippen molar-refractivity contribution in [2.24, 2.45) is 11.3 Å². The van der Waals surface area contributed by atoms with Crippen LogP contribution in [0.15, 0.2) is 48.8 Å². The number of rotatable bonds is 4.